The molecule has 0 saturated carbocycles. The number of ether oxygens (including phenoxy) is 1. The van der Waals surface area contributed by atoms with Crippen LogP contribution in [0.3, 0.4) is 0 Å². The highest BCUT2D eigenvalue weighted by Crippen LogP contribution is 2.26. The number of hydrogen-bond donors (Lipinski definition) is 4. The molecule has 0 bridgehead atoms. The summed E-state index contributed by atoms with van der Waals surface area (Å²) in [5.74, 6) is -2.29. The average molecular weight is 758 g/mol. The van der Waals surface area contributed by atoms with Crippen molar-refractivity contribution in [2.75, 3.05) is 19.6 Å². The smallest absolute Gasteiger partial charge is 0.325 e. The number of nitrogens with one attached hydrogen (secondary N) is 4. The van der Waals surface area contributed by atoms with E-state index in [2.05, 4.69) is 62.5 Å². The van der Waals surface area contributed by atoms with Crippen molar-refractivity contribution in [1.82, 2.24) is 26.2 Å². The Morgan fingerprint density at radius 1 is 0.944 bits per heavy atom. The van der Waals surface area contributed by atoms with Gasteiger partial charge in [0.25, 0.3) is 5.91 Å². The quantitative estimate of drug-likeness (QED) is 0.102. The van der Waals surface area contributed by atoms with Crippen LogP contribution in [0.25, 0.3) is 0 Å². The highest BCUT2D eigenvalue weighted by atomic mass is 16.5. The molecule has 2 aliphatic rings. The Balaban J connectivity index is 0.00000283. The molecule has 3 atom stereocenters. The molecule has 1 saturated heterocycles. The molecule has 1 aliphatic heterocycles. The van der Waals surface area contributed by atoms with Crippen molar-refractivity contribution in [3.05, 3.63) is 48.0 Å². The molecule has 1 aliphatic carbocycles. The predicted molar refractivity (Wildman–Crippen MR) is 216 cm³/mol. The van der Waals surface area contributed by atoms with Crippen LogP contribution in [0.1, 0.15) is 126 Å². The van der Waals surface area contributed by atoms with E-state index in [1.165, 1.54) is 17.4 Å². The fraction of sp³-hybridized carbons (Fsp3) is 0.667. The molecule has 12 nitrogen and oxygen atoms in total. The minimum absolute atomic E-state index is 0.120. The number of unbranched alkanes of at least 4 members (excludes halogenated alkanes) is 1. The zero-order chi connectivity index (χ0) is 41.4. The third kappa shape index (κ3) is 18.2. The van der Waals surface area contributed by atoms with Crippen LogP contribution in [-0.2, 0) is 41.6 Å². The van der Waals surface area contributed by atoms with Gasteiger partial charge in [0.1, 0.15) is 24.7 Å². The van der Waals surface area contributed by atoms with Gasteiger partial charge in [0.2, 0.25) is 17.6 Å². The monoisotopic (exact) mass is 758 g/mol. The number of nitrogens with zero attached hydrogens (tertiary/aromatic N) is 1. The van der Waals surface area contributed by atoms with Gasteiger partial charge in [0.05, 0.1) is 6.04 Å². The molecular weight excluding hydrogens is 686 g/mol. The van der Waals surface area contributed by atoms with Gasteiger partial charge in [-0.1, -0.05) is 126 Å². The van der Waals surface area contributed by atoms with E-state index in [1.54, 1.807) is 20.8 Å². The van der Waals surface area contributed by atoms with Crippen LogP contribution in [0.15, 0.2) is 36.9 Å². The molecule has 306 valence electrons. The lowest BCUT2D eigenvalue weighted by molar-refractivity contribution is -0.147. The van der Waals surface area contributed by atoms with E-state index in [9.17, 15) is 28.8 Å². The number of carbonyl (C=O) groups excluding carboxylic acids is 6. The Morgan fingerprint density at radius 2 is 1.50 bits per heavy atom. The van der Waals surface area contributed by atoms with Gasteiger partial charge >= 0.3 is 12.0 Å². The van der Waals surface area contributed by atoms with Gasteiger partial charge in [-0.15, -0.1) is 6.58 Å². The standard InChI is InChI=1S/C33H47N5O7.C4H10.C3H8.C2H6/c1-6-8-14-24(27(40)30(42)34-16-7-2)36-29(41)25-15-11-17-38(25)31(43)28(33(3,4)5)37-32(44)35-20-26(39)45-23-18-21-12-9-10-13-22(21)19-23;1-4(2)3;1-3-2;1-2/h7,9-10,12-13,23-25,28H,2,6,8,11,14-20H2,1,3-5H3,(H,34,42)(H,36,41)(H2,35,37,44);4H,1-3H3;3H2,1-2H3;1-2H3. The lowest BCUT2D eigenvalue weighted by Crippen LogP contribution is -2.60. The minimum Gasteiger partial charge on any atom is -0.460 e. The molecule has 1 heterocycles. The molecule has 3 rings (SSSR count). The number of rotatable bonds is 14. The normalized spacial score (nSPS) is 15.6. The second-order valence-corrected chi connectivity index (χ2v) is 15.1. The average Bonchev–Trinajstić information content (AvgIpc) is 3.78. The van der Waals surface area contributed by atoms with Crippen molar-refractivity contribution in [3.63, 3.8) is 0 Å². The van der Waals surface area contributed by atoms with Gasteiger partial charge in [-0.05, 0) is 41.7 Å². The fourth-order valence-corrected chi connectivity index (χ4v) is 5.64. The largest absolute Gasteiger partial charge is 0.460 e. The third-order valence-electron chi connectivity index (χ3n) is 8.04. The number of likely N-dealkylation sites (tertiary alicyclic amines) is 1. The maximum atomic E-state index is 13.8. The summed E-state index contributed by atoms with van der Waals surface area (Å²) < 4.78 is 5.54. The fourth-order valence-electron chi connectivity index (χ4n) is 5.64. The molecule has 1 aromatic rings. The van der Waals surface area contributed by atoms with Crippen molar-refractivity contribution in [2.24, 2.45) is 11.3 Å². The van der Waals surface area contributed by atoms with Crippen molar-refractivity contribution in [1.29, 1.82) is 0 Å². The molecule has 3 unspecified atom stereocenters. The van der Waals surface area contributed by atoms with Gasteiger partial charge in [-0.2, -0.15) is 0 Å². The van der Waals surface area contributed by atoms with Crippen LogP contribution < -0.4 is 21.3 Å². The number of urea groups is 1. The SMILES string of the molecule is C=CCNC(=O)C(=O)C(CCCC)NC(=O)C1CCCN1C(=O)C(NC(=O)NCC(=O)OC1Cc2ccccc2C1)C(C)(C)C.CC.CC(C)C.CCC. The summed E-state index contributed by atoms with van der Waals surface area (Å²) in [7, 11) is 0. The zero-order valence-corrected chi connectivity index (χ0v) is 35.1. The Kier molecular flexibility index (Phi) is 24.5. The number of ketones is 1. The molecular formula is C42H71N5O7. The number of esters is 1. The Morgan fingerprint density at radius 3 is 2.00 bits per heavy atom. The van der Waals surface area contributed by atoms with E-state index in [1.807, 2.05) is 45.0 Å². The van der Waals surface area contributed by atoms with Crippen molar-refractivity contribution < 1.29 is 33.5 Å². The second kappa shape index (κ2) is 26.5. The van der Waals surface area contributed by atoms with Crippen LogP contribution in [0.2, 0.25) is 0 Å². The first kappa shape index (κ1) is 49.8. The van der Waals surface area contributed by atoms with Crippen molar-refractivity contribution in [3.8, 4) is 0 Å². The number of hydrogen-bond acceptors (Lipinski definition) is 7. The topological polar surface area (TPSA) is 163 Å². The molecule has 12 heteroatoms. The maximum absolute atomic E-state index is 13.8. The Bertz CT molecular complexity index is 1310. The molecule has 1 fully saturated rings. The van der Waals surface area contributed by atoms with Gasteiger partial charge in [0, 0.05) is 25.9 Å². The van der Waals surface area contributed by atoms with E-state index < -0.39 is 59.0 Å². The van der Waals surface area contributed by atoms with Crippen LogP contribution >= 0.6 is 0 Å². The lowest BCUT2D eigenvalue weighted by atomic mass is 9.85. The first-order chi connectivity index (χ1) is 25.5. The van der Waals surface area contributed by atoms with Crippen LogP contribution in [0, 0.1) is 11.3 Å². The molecule has 0 radical (unpaired) electrons. The van der Waals surface area contributed by atoms with Crippen LogP contribution in [0.5, 0.6) is 0 Å². The van der Waals surface area contributed by atoms with Crippen LogP contribution in [-0.4, -0.2) is 84.3 Å². The van der Waals surface area contributed by atoms with E-state index in [-0.39, 0.29) is 32.2 Å². The second-order valence-electron chi connectivity index (χ2n) is 15.1. The van der Waals surface area contributed by atoms with E-state index in [0.29, 0.717) is 32.1 Å². The van der Waals surface area contributed by atoms with Crippen LogP contribution in [0.4, 0.5) is 4.79 Å². The Labute approximate surface area is 325 Å². The summed E-state index contributed by atoms with van der Waals surface area (Å²) in [6.45, 7) is 25.6. The number of amides is 5. The molecule has 4 N–H and O–H groups in total. The highest BCUT2D eigenvalue weighted by Gasteiger charge is 2.43. The number of benzene rings is 1. The predicted octanol–water partition coefficient (Wildman–Crippen LogP) is 6.05. The Hall–Kier alpha value is -4.22. The lowest BCUT2D eigenvalue weighted by Gasteiger charge is -2.35. The molecule has 0 aromatic heterocycles. The van der Waals surface area contributed by atoms with Gasteiger partial charge in [-0.3, -0.25) is 24.0 Å². The zero-order valence-electron chi connectivity index (χ0n) is 35.1. The number of Topliss-reactive ketones (excluding diaryl/α,β-unsaturated/α-hetero) is 1. The number of fused-ring (bicyclic) bond motifs is 1. The molecule has 5 amide bonds. The molecule has 54 heavy (non-hydrogen) atoms. The van der Waals surface area contributed by atoms with E-state index >= 15 is 0 Å². The maximum Gasteiger partial charge on any atom is 0.325 e. The van der Waals surface area contributed by atoms with E-state index in [4.69, 9.17) is 4.74 Å². The summed E-state index contributed by atoms with van der Waals surface area (Å²) in [4.78, 5) is 79.1. The van der Waals surface area contributed by atoms with Crippen molar-refractivity contribution in [2.45, 2.75) is 152 Å². The first-order valence-corrected chi connectivity index (χ1v) is 19.8. The summed E-state index contributed by atoms with van der Waals surface area (Å²) in [6.07, 6.45) is 6.23. The summed E-state index contributed by atoms with van der Waals surface area (Å²) in [5, 5.41) is 10.3. The van der Waals surface area contributed by atoms with Crippen molar-refractivity contribution >= 4 is 35.5 Å². The summed E-state index contributed by atoms with van der Waals surface area (Å²) >= 11 is 0. The molecule has 0 spiro atoms. The summed E-state index contributed by atoms with van der Waals surface area (Å²) in [5.41, 5.74) is 1.54. The van der Waals surface area contributed by atoms with Gasteiger partial charge < -0.3 is 30.9 Å². The minimum atomic E-state index is -1.03. The first-order valence-electron chi connectivity index (χ1n) is 19.8. The molecule has 1 aromatic carbocycles. The van der Waals surface area contributed by atoms with Gasteiger partial charge in [0.15, 0.2) is 0 Å². The summed E-state index contributed by atoms with van der Waals surface area (Å²) in [6, 6.07) is 4.25. The third-order valence-corrected chi connectivity index (χ3v) is 8.04. The highest BCUT2D eigenvalue weighted by molar-refractivity contribution is 6.38. The van der Waals surface area contributed by atoms with E-state index in [0.717, 1.165) is 23.5 Å². The van der Waals surface area contributed by atoms with Gasteiger partial charge in [-0.25, -0.2) is 4.79 Å². The number of carbonyl (C=O) groups is 6.